The van der Waals surface area contributed by atoms with Gasteiger partial charge in [-0.3, -0.25) is 9.59 Å². The summed E-state index contributed by atoms with van der Waals surface area (Å²) < 4.78 is 1.36. The normalized spacial score (nSPS) is 12.1. The molecule has 2 rings (SSSR count). The maximum absolute atomic E-state index is 12.7. The lowest BCUT2D eigenvalue weighted by Gasteiger charge is -2.14. The lowest BCUT2D eigenvalue weighted by Crippen LogP contribution is -2.43. The van der Waals surface area contributed by atoms with Crippen LogP contribution in [0.2, 0.25) is 0 Å². The number of nitrogens with zero attached hydrogens (tertiary/aromatic N) is 3. The van der Waals surface area contributed by atoms with Crippen molar-refractivity contribution in [2.75, 3.05) is 6.54 Å². The summed E-state index contributed by atoms with van der Waals surface area (Å²) in [6, 6.07) is 10.8. The fraction of sp³-hybridized carbons (Fsp3) is 0.263. The number of amides is 1. The molecule has 12 nitrogen and oxygen atoms in total. The van der Waals surface area contributed by atoms with Crippen molar-refractivity contribution in [3.63, 3.8) is 0 Å². The van der Waals surface area contributed by atoms with E-state index in [1.165, 1.54) is 16.7 Å². The van der Waals surface area contributed by atoms with Crippen molar-refractivity contribution < 1.29 is 19.7 Å². The van der Waals surface area contributed by atoms with Crippen LogP contribution in [0.5, 0.6) is 0 Å². The van der Waals surface area contributed by atoms with Crippen LogP contribution in [0.15, 0.2) is 58.4 Å². The molecule has 1 aromatic heterocycles. The number of aliphatic carboxylic acids is 1. The topological polar surface area (TPSA) is 182 Å². The van der Waals surface area contributed by atoms with Gasteiger partial charge < -0.3 is 20.7 Å². The van der Waals surface area contributed by atoms with Crippen LogP contribution in [0.25, 0.3) is 0 Å². The van der Waals surface area contributed by atoms with Gasteiger partial charge in [-0.25, -0.2) is 19.9 Å². The van der Waals surface area contributed by atoms with Gasteiger partial charge >= 0.3 is 5.97 Å². The van der Waals surface area contributed by atoms with Crippen LogP contribution in [0.4, 0.5) is 0 Å². The molecule has 0 fully saturated rings. The highest BCUT2D eigenvalue weighted by Gasteiger charge is 2.22. The molecular formula is C19H22N6O6. The Hall–Kier alpha value is -4.22. The molecule has 1 atom stereocenters. The van der Waals surface area contributed by atoms with E-state index in [2.05, 4.69) is 10.3 Å². The van der Waals surface area contributed by atoms with Gasteiger partial charge in [0, 0.05) is 12.7 Å². The van der Waals surface area contributed by atoms with Crippen molar-refractivity contribution in [1.82, 2.24) is 15.3 Å². The molecule has 1 heterocycles. The summed E-state index contributed by atoms with van der Waals surface area (Å²) >= 11 is 0. The first kappa shape index (κ1) is 23.1. The molecule has 0 bridgehead atoms. The van der Waals surface area contributed by atoms with E-state index >= 15 is 0 Å². The number of hydrazine groups is 1. The van der Waals surface area contributed by atoms with Gasteiger partial charge in [-0.05, 0) is 30.5 Å². The minimum absolute atomic E-state index is 0.0125. The number of carbonyl (C=O) groups is 2. The third-order valence-corrected chi connectivity index (χ3v) is 4.20. The standard InChI is InChI=1S/C19H22N6O6/c20-19(23-25(30)31)21-10-4-9-15(18(28)29)22-16(26)14-8-5-11-24(17(14)27)12-13-6-2-1-3-7-13/h1-3,5-8,11,15H,4,9-10,12H2,(H,22,26)(H,28,29)(H3,20,21,23)/t15-/m0/s1. The third kappa shape index (κ3) is 7.27. The summed E-state index contributed by atoms with van der Waals surface area (Å²) in [6.07, 6.45) is 1.72. The fourth-order valence-corrected chi connectivity index (χ4v) is 2.73. The Morgan fingerprint density at radius 3 is 2.58 bits per heavy atom. The van der Waals surface area contributed by atoms with Crippen molar-refractivity contribution in [2.45, 2.75) is 25.4 Å². The van der Waals surface area contributed by atoms with E-state index in [4.69, 9.17) is 5.73 Å². The number of benzene rings is 1. The van der Waals surface area contributed by atoms with Gasteiger partial charge in [-0.1, -0.05) is 35.8 Å². The van der Waals surface area contributed by atoms with Gasteiger partial charge in [0.1, 0.15) is 11.6 Å². The smallest absolute Gasteiger partial charge is 0.326 e. The van der Waals surface area contributed by atoms with Crippen LogP contribution in [0, 0.1) is 10.1 Å². The Morgan fingerprint density at radius 2 is 1.94 bits per heavy atom. The predicted molar refractivity (Wildman–Crippen MR) is 111 cm³/mol. The molecule has 12 heteroatoms. The highest BCUT2D eigenvalue weighted by atomic mass is 16.7. The molecule has 2 aromatic rings. The lowest BCUT2D eigenvalue weighted by atomic mass is 10.1. The Labute approximate surface area is 176 Å². The zero-order chi connectivity index (χ0) is 22.8. The second-order valence-electron chi connectivity index (χ2n) is 6.48. The van der Waals surface area contributed by atoms with Crippen LogP contribution in [0.3, 0.4) is 0 Å². The number of nitrogens with one attached hydrogen (secondary N) is 2. The minimum Gasteiger partial charge on any atom is -0.480 e. The van der Waals surface area contributed by atoms with E-state index in [0.29, 0.717) is 0 Å². The van der Waals surface area contributed by atoms with Crippen molar-refractivity contribution >= 4 is 17.8 Å². The van der Waals surface area contributed by atoms with E-state index in [9.17, 15) is 29.6 Å². The van der Waals surface area contributed by atoms with E-state index in [1.807, 2.05) is 30.3 Å². The van der Waals surface area contributed by atoms with E-state index in [0.717, 1.165) is 5.56 Å². The highest BCUT2D eigenvalue weighted by Crippen LogP contribution is 2.03. The first-order chi connectivity index (χ1) is 14.8. The number of carboxylic acids is 1. The molecule has 1 amide bonds. The number of aromatic nitrogens is 1. The Bertz CT molecular complexity index is 1020. The number of hydrogen-bond acceptors (Lipinski definition) is 6. The SMILES string of the molecule is NC(=NCCC[C@H](NC(=O)c1cccn(Cc2ccccc2)c1=O)C(=O)O)N[N+](=O)[O-]. The number of nitro groups is 1. The Balaban J connectivity index is 2.02. The van der Waals surface area contributed by atoms with E-state index in [1.54, 1.807) is 11.6 Å². The predicted octanol–water partition coefficient (Wildman–Crippen LogP) is -0.0442. The van der Waals surface area contributed by atoms with Gasteiger partial charge in [0.05, 0.1) is 6.54 Å². The number of nitrogens with two attached hydrogens (primary N) is 1. The molecule has 0 aliphatic heterocycles. The summed E-state index contributed by atoms with van der Waals surface area (Å²) in [6.45, 7) is 0.280. The van der Waals surface area contributed by atoms with Crippen molar-refractivity contribution in [2.24, 2.45) is 10.7 Å². The zero-order valence-corrected chi connectivity index (χ0v) is 16.4. The fourth-order valence-electron chi connectivity index (χ4n) is 2.73. The molecule has 0 saturated heterocycles. The van der Waals surface area contributed by atoms with Crippen molar-refractivity contribution in [3.8, 4) is 0 Å². The van der Waals surface area contributed by atoms with E-state index < -0.39 is 34.5 Å². The maximum Gasteiger partial charge on any atom is 0.326 e. The second kappa shape index (κ2) is 11.1. The summed E-state index contributed by atoms with van der Waals surface area (Å²) in [5.74, 6) is -2.50. The zero-order valence-electron chi connectivity index (χ0n) is 16.4. The van der Waals surface area contributed by atoms with Crippen molar-refractivity contribution in [1.29, 1.82) is 0 Å². The number of rotatable bonds is 10. The molecule has 0 aliphatic carbocycles. The van der Waals surface area contributed by atoms with Gasteiger partial charge in [-0.15, -0.1) is 0 Å². The molecular weight excluding hydrogens is 408 g/mol. The van der Waals surface area contributed by atoms with Gasteiger partial charge in [-0.2, -0.15) is 0 Å². The molecule has 5 N–H and O–H groups in total. The number of aliphatic imine (C=N–C) groups is 1. The van der Waals surface area contributed by atoms with Gasteiger partial charge in [0.25, 0.3) is 17.4 Å². The molecule has 0 saturated carbocycles. The molecule has 0 spiro atoms. The first-order valence-electron chi connectivity index (χ1n) is 9.26. The summed E-state index contributed by atoms with van der Waals surface area (Å²) in [7, 11) is 0. The lowest BCUT2D eigenvalue weighted by molar-refractivity contribution is -0.525. The van der Waals surface area contributed by atoms with Crippen LogP contribution in [-0.4, -0.2) is 45.1 Å². The number of carboxylic acid groups (broad SMARTS) is 1. The van der Waals surface area contributed by atoms with Crippen LogP contribution in [-0.2, 0) is 11.3 Å². The van der Waals surface area contributed by atoms with Crippen LogP contribution >= 0.6 is 0 Å². The van der Waals surface area contributed by atoms with Gasteiger partial charge in [0.2, 0.25) is 0 Å². The number of hydrogen-bond donors (Lipinski definition) is 4. The summed E-state index contributed by atoms with van der Waals surface area (Å²) in [5, 5.41) is 21.0. The Kier molecular flexibility index (Phi) is 8.25. The van der Waals surface area contributed by atoms with Crippen LogP contribution in [0.1, 0.15) is 28.8 Å². The summed E-state index contributed by atoms with van der Waals surface area (Å²) in [5.41, 5.74) is 7.08. The van der Waals surface area contributed by atoms with Gasteiger partial charge in [0.15, 0.2) is 5.03 Å². The molecule has 1 aromatic carbocycles. The molecule has 164 valence electrons. The largest absolute Gasteiger partial charge is 0.480 e. The third-order valence-electron chi connectivity index (χ3n) is 4.20. The molecule has 0 aliphatic rings. The number of pyridine rings is 1. The monoisotopic (exact) mass is 430 g/mol. The minimum atomic E-state index is -1.28. The first-order valence-corrected chi connectivity index (χ1v) is 9.26. The second-order valence-corrected chi connectivity index (χ2v) is 6.48. The average Bonchev–Trinajstić information content (AvgIpc) is 2.71. The summed E-state index contributed by atoms with van der Waals surface area (Å²) in [4.78, 5) is 50.6. The number of guanidine groups is 1. The molecule has 0 radical (unpaired) electrons. The molecule has 31 heavy (non-hydrogen) atoms. The van der Waals surface area contributed by atoms with Crippen molar-refractivity contribution in [3.05, 3.63) is 80.3 Å². The van der Waals surface area contributed by atoms with E-state index in [-0.39, 0.29) is 31.5 Å². The Morgan fingerprint density at radius 1 is 1.23 bits per heavy atom. The van der Waals surface area contributed by atoms with Crippen LogP contribution < -0.4 is 22.0 Å². The number of carbonyl (C=O) groups excluding carboxylic acids is 1. The maximum atomic E-state index is 12.7. The average molecular weight is 430 g/mol. The molecule has 0 unspecified atom stereocenters. The highest BCUT2D eigenvalue weighted by molar-refractivity contribution is 5.96. The quantitative estimate of drug-likeness (QED) is 0.133.